The van der Waals surface area contributed by atoms with E-state index in [1.807, 2.05) is 0 Å². The Balaban J connectivity index is 3.33. The van der Waals surface area contributed by atoms with Crippen LogP contribution >= 0.6 is 0 Å². The molecule has 1 aromatic carbocycles. The first-order valence-electron chi connectivity index (χ1n) is 6.17. The maximum Gasteiger partial charge on any atom is 0.402 e. The predicted octanol–water partition coefficient (Wildman–Crippen LogP) is 2.25. The number of nitrogens with zero attached hydrogens (tertiary/aromatic N) is 1. The molecule has 0 aromatic heterocycles. The van der Waals surface area contributed by atoms with Crippen molar-refractivity contribution < 1.29 is 26.0 Å². The molecule has 0 saturated heterocycles. The standard InChI is InChI=1S/C12H16F4N2O2S/c1-2-6-18(8-12(14,15)16)21(19,20)11-5-3-4-10(13)9(11)7-17/h3-5H,2,6-8,17H2,1H3. The van der Waals surface area contributed by atoms with Gasteiger partial charge in [-0.05, 0) is 18.6 Å². The summed E-state index contributed by atoms with van der Waals surface area (Å²) >= 11 is 0. The zero-order chi connectivity index (χ0) is 16.3. The molecule has 21 heavy (non-hydrogen) atoms. The van der Waals surface area contributed by atoms with Crippen LogP contribution in [0.2, 0.25) is 0 Å². The molecule has 0 aliphatic rings. The largest absolute Gasteiger partial charge is 0.402 e. The smallest absolute Gasteiger partial charge is 0.326 e. The van der Waals surface area contributed by atoms with Crippen LogP contribution < -0.4 is 5.73 Å². The van der Waals surface area contributed by atoms with Gasteiger partial charge in [0.05, 0.1) is 4.90 Å². The summed E-state index contributed by atoms with van der Waals surface area (Å²) < 4.78 is 76.1. The molecule has 0 amide bonds. The molecule has 4 nitrogen and oxygen atoms in total. The number of hydrogen-bond acceptors (Lipinski definition) is 3. The van der Waals surface area contributed by atoms with Crippen molar-refractivity contribution in [2.75, 3.05) is 13.1 Å². The van der Waals surface area contributed by atoms with E-state index in [9.17, 15) is 26.0 Å². The number of alkyl halides is 3. The topological polar surface area (TPSA) is 63.4 Å². The van der Waals surface area contributed by atoms with E-state index in [-0.39, 0.29) is 18.5 Å². The summed E-state index contributed by atoms with van der Waals surface area (Å²) in [6.45, 7) is -0.812. The van der Waals surface area contributed by atoms with Gasteiger partial charge in [0.2, 0.25) is 10.0 Å². The van der Waals surface area contributed by atoms with Gasteiger partial charge in [-0.1, -0.05) is 13.0 Å². The van der Waals surface area contributed by atoms with Gasteiger partial charge in [0.25, 0.3) is 0 Å². The Morgan fingerprint density at radius 2 is 1.90 bits per heavy atom. The third kappa shape index (κ3) is 4.39. The molecular weight excluding hydrogens is 312 g/mol. The van der Waals surface area contributed by atoms with Crippen LogP contribution in [0.1, 0.15) is 18.9 Å². The summed E-state index contributed by atoms with van der Waals surface area (Å²) in [5, 5.41) is 0. The van der Waals surface area contributed by atoms with Gasteiger partial charge >= 0.3 is 6.18 Å². The van der Waals surface area contributed by atoms with Gasteiger partial charge in [-0.25, -0.2) is 12.8 Å². The average Bonchev–Trinajstić information content (AvgIpc) is 2.36. The summed E-state index contributed by atoms with van der Waals surface area (Å²) in [5.41, 5.74) is 4.99. The molecule has 1 rings (SSSR count). The Kier molecular flexibility index (Phi) is 5.71. The van der Waals surface area contributed by atoms with E-state index in [1.54, 1.807) is 6.92 Å². The van der Waals surface area contributed by atoms with E-state index < -0.39 is 40.0 Å². The second-order valence-electron chi connectivity index (χ2n) is 4.37. The highest BCUT2D eigenvalue weighted by atomic mass is 32.2. The van der Waals surface area contributed by atoms with Crippen molar-refractivity contribution in [3.63, 3.8) is 0 Å². The Morgan fingerprint density at radius 1 is 1.29 bits per heavy atom. The van der Waals surface area contributed by atoms with Crippen molar-refractivity contribution in [1.82, 2.24) is 4.31 Å². The van der Waals surface area contributed by atoms with Crippen molar-refractivity contribution in [2.45, 2.75) is 31.0 Å². The first kappa shape index (κ1) is 17.9. The first-order chi connectivity index (χ1) is 9.63. The minimum atomic E-state index is -4.68. The van der Waals surface area contributed by atoms with Crippen LogP contribution in [0.4, 0.5) is 17.6 Å². The predicted molar refractivity (Wildman–Crippen MR) is 69.4 cm³/mol. The third-order valence-electron chi connectivity index (χ3n) is 2.73. The van der Waals surface area contributed by atoms with E-state index in [1.165, 1.54) is 0 Å². The van der Waals surface area contributed by atoms with Crippen LogP contribution in [-0.4, -0.2) is 32.0 Å². The number of sulfonamides is 1. The van der Waals surface area contributed by atoms with Gasteiger partial charge < -0.3 is 5.73 Å². The highest BCUT2D eigenvalue weighted by Crippen LogP contribution is 2.26. The summed E-state index contributed by atoms with van der Waals surface area (Å²) in [5.74, 6) is -0.859. The van der Waals surface area contributed by atoms with Crippen molar-refractivity contribution >= 4 is 10.0 Å². The Labute approximate surface area is 120 Å². The van der Waals surface area contributed by atoms with Crippen molar-refractivity contribution in [1.29, 1.82) is 0 Å². The van der Waals surface area contributed by atoms with Crippen LogP contribution in [0, 0.1) is 5.82 Å². The second kappa shape index (κ2) is 6.71. The maximum atomic E-state index is 13.6. The summed E-state index contributed by atoms with van der Waals surface area (Å²) in [6, 6.07) is 3.19. The summed E-state index contributed by atoms with van der Waals surface area (Å²) in [4.78, 5) is -0.525. The highest BCUT2D eigenvalue weighted by molar-refractivity contribution is 7.89. The molecule has 1 aromatic rings. The molecule has 120 valence electrons. The van der Waals surface area contributed by atoms with Gasteiger partial charge in [-0.3, -0.25) is 0 Å². The molecule has 0 aliphatic carbocycles. The molecule has 0 fully saturated rings. The molecule has 0 radical (unpaired) electrons. The van der Waals surface area contributed by atoms with Crippen molar-refractivity contribution in [3.05, 3.63) is 29.6 Å². The Hall–Kier alpha value is -1.19. The average molecular weight is 328 g/mol. The van der Waals surface area contributed by atoms with Gasteiger partial charge in [-0.15, -0.1) is 0 Å². The molecule has 0 unspecified atom stereocenters. The lowest BCUT2D eigenvalue weighted by molar-refractivity contribution is -0.136. The van der Waals surface area contributed by atoms with Crippen LogP contribution in [0.25, 0.3) is 0 Å². The first-order valence-corrected chi connectivity index (χ1v) is 7.61. The molecule has 0 aliphatic heterocycles. The Bertz CT molecular complexity index is 587. The number of halogens is 4. The normalized spacial score (nSPS) is 12.9. The van der Waals surface area contributed by atoms with Crippen LogP contribution in [0.3, 0.4) is 0 Å². The van der Waals surface area contributed by atoms with E-state index in [0.717, 1.165) is 18.2 Å². The number of rotatable bonds is 6. The van der Waals surface area contributed by atoms with E-state index >= 15 is 0 Å². The molecule has 9 heteroatoms. The molecule has 0 spiro atoms. The number of benzene rings is 1. The van der Waals surface area contributed by atoms with Crippen LogP contribution in [0.15, 0.2) is 23.1 Å². The fourth-order valence-corrected chi connectivity index (χ4v) is 3.61. The molecule has 0 heterocycles. The molecule has 0 bridgehead atoms. The van der Waals surface area contributed by atoms with Crippen molar-refractivity contribution in [3.8, 4) is 0 Å². The highest BCUT2D eigenvalue weighted by Gasteiger charge is 2.37. The zero-order valence-electron chi connectivity index (χ0n) is 11.3. The summed E-state index contributed by atoms with van der Waals surface area (Å²) in [7, 11) is -4.47. The van der Waals surface area contributed by atoms with E-state index in [4.69, 9.17) is 5.73 Å². The fraction of sp³-hybridized carbons (Fsp3) is 0.500. The molecule has 0 saturated carbocycles. The maximum absolute atomic E-state index is 13.6. The number of hydrogen-bond donors (Lipinski definition) is 1. The Morgan fingerprint density at radius 3 is 2.38 bits per heavy atom. The SMILES string of the molecule is CCCN(CC(F)(F)F)S(=O)(=O)c1cccc(F)c1CN. The van der Waals surface area contributed by atoms with Gasteiger partial charge in [0.15, 0.2) is 0 Å². The van der Waals surface area contributed by atoms with Gasteiger partial charge in [0.1, 0.15) is 12.4 Å². The molecular formula is C12H16F4N2O2S. The lowest BCUT2D eigenvalue weighted by Crippen LogP contribution is -2.40. The fourth-order valence-electron chi connectivity index (χ4n) is 1.85. The summed E-state index contributed by atoms with van der Waals surface area (Å²) in [6.07, 6.45) is -4.49. The van der Waals surface area contributed by atoms with Crippen LogP contribution in [0.5, 0.6) is 0 Å². The van der Waals surface area contributed by atoms with E-state index in [0.29, 0.717) is 4.31 Å². The van der Waals surface area contributed by atoms with Gasteiger partial charge in [-0.2, -0.15) is 17.5 Å². The lowest BCUT2D eigenvalue weighted by Gasteiger charge is -2.24. The minimum Gasteiger partial charge on any atom is -0.326 e. The zero-order valence-corrected chi connectivity index (χ0v) is 12.1. The molecule has 0 atom stereocenters. The number of nitrogens with two attached hydrogens (primary N) is 1. The second-order valence-corrected chi connectivity index (χ2v) is 6.28. The third-order valence-corrected chi connectivity index (χ3v) is 4.66. The quantitative estimate of drug-likeness (QED) is 0.815. The monoisotopic (exact) mass is 328 g/mol. The molecule has 2 N–H and O–H groups in total. The van der Waals surface area contributed by atoms with E-state index in [2.05, 4.69) is 0 Å². The minimum absolute atomic E-state index is 0.197. The lowest BCUT2D eigenvalue weighted by atomic mass is 10.2. The van der Waals surface area contributed by atoms with Crippen LogP contribution in [-0.2, 0) is 16.6 Å². The van der Waals surface area contributed by atoms with Crippen molar-refractivity contribution in [2.24, 2.45) is 5.73 Å². The van der Waals surface area contributed by atoms with Gasteiger partial charge in [0, 0.05) is 18.7 Å².